The zero-order chi connectivity index (χ0) is 15.3. The number of imide groups is 1. The number of nitrogens with one attached hydrogen (secondary N) is 2. The molecule has 0 aromatic rings. The van der Waals surface area contributed by atoms with Crippen LogP contribution in [0.2, 0.25) is 0 Å². The van der Waals surface area contributed by atoms with E-state index >= 15 is 0 Å². The van der Waals surface area contributed by atoms with Gasteiger partial charge in [-0.1, -0.05) is 0 Å². The van der Waals surface area contributed by atoms with Crippen LogP contribution in [0.15, 0.2) is 0 Å². The van der Waals surface area contributed by atoms with E-state index in [0.29, 0.717) is 13.1 Å². The number of carboxylic acids is 1. The smallest absolute Gasteiger partial charge is 0.324 e. The molecule has 0 saturated carbocycles. The molecule has 0 aliphatic carbocycles. The highest BCUT2D eigenvalue weighted by molar-refractivity contribution is 5.96. The molecule has 8 nitrogen and oxygen atoms in total. The summed E-state index contributed by atoms with van der Waals surface area (Å²) in [5.74, 6) is -1.89. The molecule has 20 heavy (non-hydrogen) atoms. The quantitative estimate of drug-likeness (QED) is 0.649. The number of hydrogen-bond donors (Lipinski definition) is 3. The van der Waals surface area contributed by atoms with Crippen LogP contribution in [-0.2, 0) is 14.4 Å². The molecule has 0 aromatic heterocycles. The first-order valence-corrected chi connectivity index (χ1v) is 6.31. The lowest BCUT2D eigenvalue weighted by atomic mass is 9.89. The highest BCUT2D eigenvalue weighted by atomic mass is 16.4. The number of carboxylic acid groups (broad SMARTS) is 1. The predicted octanol–water partition coefficient (Wildman–Crippen LogP) is -0.455. The molecular weight excluding hydrogens is 266 g/mol. The van der Waals surface area contributed by atoms with Crippen molar-refractivity contribution < 1.29 is 24.3 Å². The second-order valence-corrected chi connectivity index (χ2v) is 5.31. The van der Waals surface area contributed by atoms with Crippen molar-refractivity contribution in [2.45, 2.75) is 26.7 Å². The molecule has 0 radical (unpaired) electrons. The van der Waals surface area contributed by atoms with Crippen LogP contribution in [-0.4, -0.2) is 53.5 Å². The van der Waals surface area contributed by atoms with E-state index in [2.05, 4.69) is 10.6 Å². The standard InChI is InChI=1S/C12H19N3O5/c1-12(2,10(18)19)7-9(17)14-11(20)15-5-3-8(16)13-4-6-15/h3-7H2,1-2H3,(H,13,16)(H,18,19)(H,14,17,20). The minimum atomic E-state index is -1.24. The monoisotopic (exact) mass is 285 g/mol. The zero-order valence-corrected chi connectivity index (χ0v) is 11.6. The van der Waals surface area contributed by atoms with Crippen LogP contribution in [0.3, 0.4) is 0 Å². The molecule has 1 aliphatic heterocycles. The van der Waals surface area contributed by atoms with Crippen molar-refractivity contribution in [1.82, 2.24) is 15.5 Å². The van der Waals surface area contributed by atoms with Gasteiger partial charge in [0.2, 0.25) is 11.8 Å². The van der Waals surface area contributed by atoms with Crippen LogP contribution >= 0.6 is 0 Å². The molecule has 0 spiro atoms. The Hall–Kier alpha value is -2.12. The molecule has 1 rings (SSSR count). The number of urea groups is 1. The van der Waals surface area contributed by atoms with E-state index in [1.54, 1.807) is 0 Å². The van der Waals surface area contributed by atoms with E-state index in [1.165, 1.54) is 18.7 Å². The maximum atomic E-state index is 11.8. The minimum Gasteiger partial charge on any atom is -0.481 e. The summed E-state index contributed by atoms with van der Waals surface area (Å²) in [6.07, 6.45) is -0.110. The van der Waals surface area contributed by atoms with Crippen LogP contribution in [0, 0.1) is 5.41 Å². The number of carbonyl (C=O) groups excluding carboxylic acids is 3. The normalized spacial score (nSPS) is 16.1. The van der Waals surface area contributed by atoms with Crippen molar-refractivity contribution in [3.63, 3.8) is 0 Å². The fourth-order valence-corrected chi connectivity index (χ4v) is 1.69. The van der Waals surface area contributed by atoms with E-state index in [0.717, 1.165) is 0 Å². The first-order valence-electron chi connectivity index (χ1n) is 6.31. The van der Waals surface area contributed by atoms with Crippen LogP contribution in [0.25, 0.3) is 0 Å². The average Bonchev–Trinajstić information content (AvgIpc) is 2.52. The number of rotatable bonds is 3. The van der Waals surface area contributed by atoms with E-state index in [9.17, 15) is 19.2 Å². The van der Waals surface area contributed by atoms with E-state index in [1.807, 2.05) is 0 Å². The van der Waals surface area contributed by atoms with Gasteiger partial charge in [0.1, 0.15) is 0 Å². The lowest BCUT2D eigenvalue weighted by Crippen LogP contribution is -2.45. The van der Waals surface area contributed by atoms with Gasteiger partial charge in [-0.3, -0.25) is 19.7 Å². The minimum absolute atomic E-state index is 0.140. The Bertz CT molecular complexity index is 433. The van der Waals surface area contributed by atoms with Gasteiger partial charge in [-0.15, -0.1) is 0 Å². The van der Waals surface area contributed by atoms with Gasteiger partial charge in [-0.05, 0) is 13.8 Å². The van der Waals surface area contributed by atoms with E-state index in [4.69, 9.17) is 5.11 Å². The largest absolute Gasteiger partial charge is 0.481 e. The van der Waals surface area contributed by atoms with Crippen molar-refractivity contribution in [3.05, 3.63) is 0 Å². The third-order valence-corrected chi connectivity index (χ3v) is 3.03. The fraction of sp³-hybridized carbons (Fsp3) is 0.667. The summed E-state index contributed by atoms with van der Waals surface area (Å²) < 4.78 is 0. The topological polar surface area (TPSA) is 116 Å². The average molecular weight is 285 g/mol. The summed E-state index contributed by atoms with van der Waals surface area (Å²) in [6, 6.07) is -0.604. The Morgan fingerprint density at radius 2 is 2.00 bits per heavy atom. The summed E-state index contributed by atoms with van der Waals surface area (Å²) in [4.78, 5) is 46.9. The summed E-state index contributed by atoms with van der Waals surface area (Å²) in [7, 11) is 0. The number of aliphatic carboxylic acids is 1. The molecule has 0 bridgehead atoms. The lowest BCUT2D eigenvalue weighted by molar-refractivity contribution is -0.149. The van der Waals surface area contributed by atoms with Crippen LogP contribution in [0.5, 0.6) is 0 Å². The van der Waals surface area contributed by atoms with Crippen molar-refractivity contribution >= 4 is 23.8 Å². The number of hydrogen-bond acceptors (Lipinski definition) is 4. The third-order valence-electron chi connectivity index (χ3n) is 3.03. The Balaban J connectivity index is 2.51. The maximum absolute atomic E-state index is 11.8. The van der Waals surface area contributed by atoms with Gasteiger partial charge in [0.25, 0.3) is 0 Å². The van der Waals surface area contributed by atoms with Gasteiger partial charge in [0.15, 0.2) is 0 Å². The first kappa shape index (κ1) is 15.9. The van der Waals surface area contributed by atoms with Crippen molar-refractivity contribution in [1.29, 1.82) is 0 Å². The van der Waals surface area contributed by atoms with Gasteiger partial charge in [-0.2, -0.15) is 0 Å². The second kappa shape index (κ2) is 6.36. The summed E-state index contributed by atoms with van der Waals surface area (Å²) in [5, 5.41) is 13.7. The molecule has 0 aromatic carbocycles. The fourth-order valence-electron chi connectivity index (χ4n) is 1.69. The van der Waals surface area contributed by atoms with Crippen LogP contribution in [0.1, 0.15) is 26.7 Å². The van der Waals surface area contributed by atoms with E-state index in [-0.39, 0.29) is 25.3 Å². The van der Waals surface area contributed by atoms with Crippen molar-refractivity contribution in [2.24, 2.45) is 5.41 Å². The molecule has 0 atom stereocenters. The maximum Gasteiger partial charge on any atom is 0.324 e. The summed E-state index contributed by atoms with van der Waals surface area (Å²) in [6.45, 7) is 3.70. The number of nitrogens with zero attached hydrogens (tertiary/aromatic N) is 1. The molecule has 112 valence electrons. The van der Waals surface area contributed by atoms with Gasteiger partial charge in [0.05, 0.1) is 5.41 Å². The van der Waals surface area contributed by atoms with Gasteiger partial charge in [-0.25, -0.2) is 4.79 Å². The summed E-state index contributed by atoms with van der Waals surface area (Å²) >= 11 is 0. The van der Waals surface area contributed by atoms with E-state index < -0.39 is 23.3 Å². The predicted molar refractivity (Wildman–Crippen MR) is 68.8 cm³/mol. The Kier molecular flexibility index (Phi) is 5.06. The van der Waals surface area contributed by atoms with Gasteiger partial charge < -0.3 is 15.3 Å². The first-order chi connectivity index (χ1) is 9.22. The SMILES string of the molecule is CC(C)(CC(=O)NC(=O)N1CCNC(=O)CC1)C(=O)O. The van der Waals surface area contributed by atoms with Gasteiger partial charge >= 0.3 is 12.0 Å². The Labute approximate surface area is 116 Å². The molecule has 1 aliphatic rings. The number of carbonyl (C=O) groups is 4. The molecular formula is C12H19N3O5. The summed E-state index contributed by atoms with van der Waals surface area (Å²) in [5.41, 5.74) is -1.24. The highest BCUT2D eigenvalue weighted by Gasteiger charge is 2.31. The Morgan fingerprint density at radius 1 is 1.35 bits per heavy atom. The van der Waals surface area contributed by atoms with Gasteiger partial charge in [0, 0.05) is 32.5 Å². The lowest BCUT2D eigenvalue weighted by Gasteiger charge is -2.22. The van der Waals surface area contributed by atoms with Crippen molar-refractivity contribution in [2.75, 3.05) is 19.6 Å². The van der Waals surface area contributed by atoms with Crippen LogP contribution in [0.4, 0.5) is 4.79 Å². The zero-order valence-electron chi connectivity index (χ0n) is 11.6. The number of amides is 4. The molecule has 4 amide bonds. The molecule has 1 saturated heterocycles. The molecule has 8 heteroatoms. The van der Waals surface area contributed by atoms with Crippen molar-refractivity contribution in [3.8, 4) is 0 Å². The highest BCUT2D eigenvalue weighted by Crippen LogP contribution is 2.20. The Morgan fingerprint density at radius 3 is 2.60 bits per heavy atom. The molecule has 0 unspecified atom stereocenters. The second-order valence-electron chi connectivity index (χ2n) is 5.31. The van der Waals surface area contributed by atoms with Crippen LogP contribution < -0.4 is 10.6 Å². The molecule has 3 N–H and O–H groups in total. The third kappa shape index (κ3) is 4.52. The molecule has 1 fully saturated rings. The molecule has 1 heterocycles.